The molecule has 0 atom stereocenters. The fourth-order valence-electron chi connectivity index (χ4n) is 3.22. The van der Waals surface area contributed by atoms with E-state index in [0.29, 0.717) is 13.1 Å². The first-order valence-corrected chi connectivity index (χ1v) is 13.7. The standard InChI is InChI=1S/C19H14Br3F2N3O2S2/c20-12-3-1-2-11(8-12)15-10-30-19(25-15)26-4-6-27(7-5-26)31(28,29)18-16(22)14(23)9-13(21)17(18)24/h1-3,8-10H,4-7H2. The molecule has 0 bridgehead atoms. The maximum Gasteiger partial charge on any atom is 0.247 e. The number of thiazole rings is 1. The van der Waals surface area contributed by atoms with Crippen LogP contribution < -0.4 is 4.90 Å². The molecule has 0 saturated carbocycles. The Labute approximate surface area is 207 Å². The fraction of sp³-hybridized carbons (Fsp3) is 0.211. The predicted molar refractivity (Wildman–Crippen MR) is 128 cm³/mol. The lowest BCUT2D eigenvalue weighted by Crippen LogP contribution is -2.48. The summed E-state index contributed by atoms with van der Waals surface area (Å²) in [5.41, 5.74) is 1.82. The number of anilines is 1. The van der Waals surface area contributed by atoms with Crippen LogP contribution in [0.5, 0.6) is 0 Å². The van der Waals surface area contributed by atoms with E-state index in [2.05, 4.69) is 52.8 Å². The van der Waals surface area contributed by atoms with Crippen LogP contribution in [0.1, 0.15) is 0 Å². The molecule has 12 heteroatoms. The van der Waals surface area contributed by atoms with Gasteiger partial charge in [0.2, 0.25) is 10.0 Å². The topological polar surface area (TPSA) is 53.5 Å². The predicted octanol–water partition coefficient (Wildman–Crippen LogP) is 5.89. The van der Waals surface area contributed by atoms with E-state index in [1.165, 1.54) is 15.6 Å². The molecule has 164 valence electrons. The third kappa shape index (κ3) is 4.60. The molecule has 0 N–H and O–H groups in total. The molecule has 2 aromatic carbocycles. The van der Waals surface area contributed by atoms with Crippen molar-refractivity contribution >= 4 is 74.3 Å². The third-order valence-electron chi connectivity index (χ3n) is 4.79. The zero-order valence-corrected chi connectivity index (χ0v) is 22.0. The zero-order valence-electron chi connectivity index (χ0n) is 15.7. The Hall–Kier alpha value is -0.920. The minimum atomic E-state index is -4.22. The van der Waals surface area contributed by atoms with Crippen LogP contribution in [-0.2, 0) is 10.0 Å². The molecule has 1 aliphatic heterocycles. The number of aromatic nitrogens is 1. The molecule has 0 unspecified atom stereocenters. The van der Waals surface area contributed by atoms with E-state index in [1.807, 2.05) is 34.5 Å². The van der Waals surface area contributed by atoms with Gasteiger partial charge in [-0.05, 0) is 50.1 Å². The number of hydrogen-bond donors (Lipinski definition) is 0. The van der Waals surface area contributed by atoms with E-state index in [-0.39, 0.29) is 17.6 Å². The molecule has 5 nitrogen and oxygen atoms in total. The first-order chi connectivity index (χ1) is 14.7. The van der Waals surface area contributed by atoms with Gasteiger partial charge in [-0.2, -0.15) is 4.31 Å². The summed E-state index contributed by atoms with van der Waals surface area (Å²) >= 11 is 10.7. The van der Waals surface area contributed by atoms with Gasteiger partial charge in [-0.25, -0.2) is 22.2 Å². The number of benzene rings is 2. The van der Waals surface area contributed by atoms with Crippen LogP contribution in [0.3, 0.4) is 0 Å². The van der Waals surface area contributed by atoms with Crippen LogP contribution in [0.25, 0.3) is 11.3 Å². The molecule has 1 saturated heterocycles. The van der Waals surface area contributed by atoms with Crippen LogP contribution in [0, 0.1) is 11.6 Å². The Bertz CT molecular complexity index is 1220. The molecular weight excluding hydrogens is 644 g/mol. The third-order valence-corrected chi connectivity index (χ3v) is 9.74. The number of nitrogens with zero attached hydrogens (tertiary/aromatic N) is 3. The minimum absolute atomic E-state index is 0.133. The van der Waals surface area contributed by atoms with Crippen LogP contribution in [0.4, 0.5) is 13.9 Å². The van der Waals surface area contributed by atoms with E-state index >= 15 is 0 Å². The van der Waals surface area contributed by atoms with Crippen LogP contribution in [0.2, 0.25) is 0 Å². The summed E-state index contributed by atoms with van der Waals surface area (Å²) in [6.45, 7) is 1.04. The summed E-state index contributed by atoms with van der Waals surface area (Å²) < 4.78 is 56.1. The monoisotopic (exact) mass is 655 g/mol. The number of hydrogen-bond acceptors (Lipinski definition) is 5. The highest BCUT2D eigenvalue weighted by molar-refractivity contribution is 9.11. The number of rotatable bonds is 4. The quantitative estimate of drug-likeness (QED) is 0.329. The maximum absolute atomic E-state index is 14.6. The lowest BCUT2D eigenvalue weighted by atomic mass is 10.2. The first-order valence-electron chi connectivity index (χ1n) is 8.98. The Morgan fingerprint density at radius 1 is 1.03 bits per heavy atom. The summed E-state index contributed by atoms with van der Waals surface area (Å²) in [6.07, 6.45) is 0. The average molecular weight is 658 g/mol. The molecule has 0 spiro atoms. The van der Waals surface area contributed by atoms with Gasteiger partial charge in [0.1, 0.15) is 10.7 Å². The van der Waals surface area contributed by atoms with Crippen LogP contribution in [0.15, 0.2) is 54.0 Å². The molecule has 1 aliphatic rings. The van der Waals surface area contributed by atoms with Gasteiger partial charge < -0.3 is 4.90 Å². The molecule has 3 aromatic rings. The van der Waals surface area contributed by atoms with Gasteiger partial charge >= 0.3 is 0 Å². The van der Waals surface area contributed by atoms with Gasteiger partial charge in [0.25, 0.3) is 0 Å². The van der Waals surface area contributed by atoms with Crippen molar-refractivity contribution in [3.8, 4) is 11.3 Å². The van der Waals surface area contributed by atoms with Crippen LogP contribution >= 0.6 is 59.1 Å². The van der Waals surface area contributed by atoms with E-state index in [9.17, 15) is 17.2 Å². The largest absolute Gasteiger partial charge is 0.345 e. The van der Waals surface area contributed by atoms with E-state index in [0.717, 1.165) is 26.9 Å². The van der Waals surface area contributed by atoms with Gasteiger partial charge in [0, 0.05) is 41.6 Å². The molecule has 0 aliphatic carbocycles. The summed E-state index contributed by atoms with van der Waals surface area (Å²) in [5, 5.41) is 2.74. The highest BCUT2D eigenvalue weighted by Gasteiger charge is 2.35. The average Bonchev–Trinajstić information content (AvgIpc) is 3.23. The molecule has 31 heavy (non-hydrogen) atoms. The van der Waals surface area contributed by atoms with Crippen molar-refractivity contribution in [2.75, 3.05) is 31.1 Å². The molecule has 0 radical (unpaired) electrons. The van der Waals surface area contributed by atoms with Crippen molar-refractivity contribution in [1.29, 1.82) is 0 Å². The van der Waals surface area contributed by atoms with Crippen molar-refractivity contribution in [3.05, 3.63) is 60.8 Å². The second kappa shape index (κ2) is 9.14. The summed E-state index contributed by atoms with van der Waals surface area (Å²) in [7, 11) is -4.22. The summed E-state index contributed by atoms with van der Waals surface area (Å²) in [4.78, 5) is 5.97. The van der Waals surface area contributed by atoms with Gasteiger partial charge in [-0.3, -0.25) is 0 Å². The van der Waals surface area contributed by atoms with E-state index in [1.54, 1.807) is 0 Å². The Balaban J connectivity index is 1.52. The molecule has 1 fully saturated rings. The maximum atomic E-state index is 14.6. The van der Waals surface area contributed by atoms with Crippen molar-refractivity contribution in [2.45, 2.75) is 4.90 Å². The smallest absolute Gasteiger partial charge is 0.247 e. The Kier molecular flexibility index (Phi) is 6.86. The van der Waals surface area contributed by atoms with Crippen molar-refractivity contribution in [2.24, 2.45) is 0 Å². The van der Waals surface area contributed by atoms with Gasteiger partial charge in [0.05, 0.1) is 14.6 Å². The number of sulfonamides is 1. The highest BCUT2D eigenvalue weighted by Crippen LogP contribution is 2.35. The van der Waals surface area contributed by atoms with Crippen molar-refractivity contribution in [1.82, 2.24) is 9.29 Å². The lowest BCUT2D eigenvalue weighted by Gasteiger charge is -2.34. The zero-order chi connectivity index (χ0) is 22.3. The van der Waals surface area contributed by atoms with E-state index in [4.69, 9.17) is 0 Å². The first kappa shape index (κ1) is 23.2. The second-order valence-electron chi connectivity index (χ2n) is 6.71. The molecular formula is C19H14Br3F2N3O2S2. The normalized spacial score (nSPS) is 15.5. The van der Waals surface area contributed by atoms with Gasteiger partial charge in [-0.1, -0.05) is 28.1 Å². The second-order valence-corrected chi connectivity index (χ2v) is 12.0. The van der Waals surface area contributed by atoms with Crippen molar-refractivity contribution < 1.29 is 17.2 Å². The molecule has 1 aromatic heterocycles. The van der Waals surface area contributed by atoms with Crippen LogP contribution in [-0.4, -0.2) is 43.9 Å². The molecule has 0 amide bonds. The van der Waals surface area contributed by atoms with Gasteiger partial charge in [0.15, 0.2) is 10.9 Å². The number of halogens is 5. The van der Waals surface area contributed by atoms with Crippen molar-refractivity contribution in [3.63, 3.8) is 0 Å². The van der Waals surface area contributed by atoms with E-state index < -0.39 is 31.0 Å². The molecule has 4 rings (SSSR count). The number of piperazine rings is 1. The highest BCUT2D eigenvalue weighted by atomic mass is 79.9. The lowest BCUT2D eigenvalue weighted by molar-refractivity contribution is 0.381. The fourth-order valence-corrected chi connectivity index (χ4v) is 7.50. The SMILES string of the molecule is O=S(=O)(c1c(F)c(Br)cc(F)c1Br)N1CCN(c2nc(-c3cccc(Br)c3)cs2)CC1. The summed E-state index contributed by atoms with van der Waals surface area (Å²) in [5.74, 6) is -1.87. The summed E-state index contributed by atoms with van der Waals surface area (Å²) in [6, 6.07) is 8.71. The Morgan fingerprint density at radius 2 is 1.74 bits per heavy atom. The minimum Gasteiger partial charge on any atom is -0.345 e. The Morgan fingerprint density at radius 3 is 2.42 bits per heavy atom. The van der Waals surface area contributed by atoms with Gasteiger partial charge in [-0.15, -0.1) is 11.3 Å². The molecule has 2 heterocycles.